The van der Waals surface area contributed by atoms with Crippen molar-refractivity contribution in [1.82, 2.24) is 0 Å². The molecular formula is C14H10N2O4S. The summed E-state index contributed by atoms with van der Waals surface area (Å²) < 4.78 is 5.23. The smallest absolute Gasteiger partial charge is 0.312 e. The van der Waals surface area contributed by atoms with Crippen molar-refractivity contribution < 1.29 is 14.5 Å². The highest BCUT2D eigenvalue weighted by atomic mass is 32.1. The van der Waals surface area contributed by atoms with Crippen LogP contribution >= 0.6 is 11.3 Å². The molecule has 6 nitrogen and oxygen atoms in total. The minimum atomic E-state index is -0.643. The van der Waals surface area contributed by atoms with Gasteiger partial charge in [-0.15, -0.1) is 11.3 Å². The average Bonchev–Trinajstić information content (AvgIpc) is 2.91. The van der Waals surface area contributed by atoms with Crippen LogP contribution in [0.3, 0.4) is 0 Å². The van der Waals surface area contributed by atoms with Crippen molar-refractivity contribution in [3.05, 3.63) is 55.8 Å². The Balaban J connectivity index is 2.15. The number of ether oxygens (including phenoxy) is 1. The van der Waals surface area contributed by atoms with Gasteiger partial charge in [0.15, 0.2) is 12.4 Å². The van der Waals surface area contributed by atoms with E-state index in [0.717, 1.165) is 10.9 Å². The molecule has 0 saturated carbocycles. The summed E-state index contributed by atoms with van der Waals surface area (Å²) in [4.78, 5) is 23.7. The summed E-state index contributed by atoms with van der Waals surface area (Å²) in [6, 6.07) is 9.18. The van der Waals surface area contributed by atoms with Gasteiger partial charge in [0, 0.05) is 10.9 Å². The third kappa shape index (κ3) is 3.43. The number of Topliss-reactive ketones (excluding diaryl/α,β-unsaturated/α-hetero) is 1. The van der Waals surface area contributed by atoms with Crippen molar-refractivity contribution in [2.75, 3.05) is 6.61 Å². The lowest BCUT2D eigenvalue weighted by atomic mass is 10.2. The molecule has 1 aromatic carbocycles. The van der Waals surface area contributed by atoms with Gasteiger partial charge >= 0.3 is 5.69 Å². The Kier molecular flexibility index (Phi) is 4.30. The van der Waals surface area contributed by atoms with Crippen LogP contribution in [-0.4, -0.2) is 17.3 Å². The van der Waals surface area contributed by atoms with Gasteiger partial charge in [-0.3, -0.25) is 14.9 Å². The summed E-state index contributed by atoms with van der Waals surface area (Å²) in [6.07, 6.45) is 0. The number of benzene rings is 1. The highest BCUT2D eigenvalue weighted by molar-refractivity contribution is 7.14. The number of nitrogens with zero attached hydrogens (tertiary/aromatic N) is 2. The molecule has 0 saturated heterocycles. The van der Waals surface area contributed by atoms with E-state index in [9.17, 15) is 14.9 Å². The molecule has 21 heavy (non-hydrogen) atoms. The van der Waals surface area contributed by atoms with Crippen LogP contribution in [0, 0.1) is 28.4 Å². The van der Waals surface area contributed by atoms with Crippen LogP contribution in [0.5, 0.6) is 5.75 Å². The van der Waals surface area contributed by atoms with Gasteiger partial charge in [0.2, 0.25) is 5.78 Å². The standard InChI is InChI=1S/C14H10N2O4S/c1-9-2-5-14(21-9)12(17)8-20-13-4-3-10(7-15)6-11(13)16(18)19/h2-6H,8H2,1H3. The van der Waals surface area contributed by atoms with Gasteiger partial charge in [0.05, 0.1) is 21.4 Å². The largest absolute Gasteiger partial charge is 0.478 e. The topological polar surface area (TPSA) is 93.2 Å². The maximum Gasteiger partial charge on any atom is 0.312 e. The lowest BCUT2D eigenvalue weighted by Gasteiger charge is -2.05. The molecule has 0 atom stereocenters. The number of carbonyl (C=O) groups excluding carboxylic acids is 1. The van der Waals surface area contributed by atoms with Gasteiger partial charge in [0.25, 0.3) is 0 Å². The quantitative estimate of drug-likeness (QED) is 0.480. The molecule has 0 unspecified atom stereocenters. The summed E-state index contributed by atoms with van der Waals surface area (Å²) in [5, 5.41) is 19.7. The van der Waals surface area contributed by atoms with E-state index in [-0.39, 0.29) is 29.4 Å². The van der Waals surface area contributed by atoms with Crippen molar-refractivity contribution >= 4 is 22.8 Å². The first-order valence-corrected chi connectivity index (χ1v) is 6.74. The SMILES string of the molecule is Cc1ccc(C(=O)COc2ccc(C#N)cc2[N+](=O)[O-])s1. The number of hydrogen-bond acceptors (Lipinski definition) is 6. The van der Waals surface area contributed by atoms with Gasteiger partial charge < -0.3 is 4.74 Å². The van der Waals surface area contributed by atoms with Crippen LogP contribution in [-0.2, 0) is 0 Å². The first-order valence-electron chi connectivity index (χ1n) is 5.92. The Hall–Kier alpha value is -2.72. The average molecular weight is 302 g/mol. The normalized spacial score (nSPS) is 9.90. The molecule has 1 aromatic heterocycles. The van der Waals surface area contributed by atoms with Crippen LogP contribution in [0.15, 0.2) is 30.3 Å². The molecule has 0 amide bonds. The van der Waals surface area contributed by atoms with E-state index >= 15 is 0 Å². The molecule has 0 aliphatic carbocycles. The van der Waals surface area contributed by atoms with Crippen molar-refractivity contribution in [2.24, 2.45) is 0 Å². The third-order valence-corrected chi connectivity index (χ3v) is 3.70. The number of nitro benzene ring substituents is 1. The summed E-state index contributed by atoms with van der Waals surface area (Å²) >= 11 is 1.34. The molecule has 0 aliphatic rings. The van der Waals surface area contributed by atoms with Gasteiger partial charge in [0.1, 0.15) is 0 Å². The molecular weight excluding hydrogens is 292 g/mol. The number of thiophene rings is 1. The van der Waals surface area contributed by atoms with Gasteiger partial charge in [-0.1, -0.05) is 0 Å². The number of carbonyl (C=O) groups is 1. The van der Waals surface area contributed by atoms with Crippen molar-refractivity contribution in [3.63, 3.8) is 0 Å². The fourth-order valence-electron chi connectivity index (χ4n) is 1.65. The second kappa shape index (κ2) is 6.15. The molecule has 0 spiro atoms. The lowest BCUT2D eigenvalue weighted by molar-refractivity contribution is -0.385. The molecule has 0 aliphatic heterocycles. The van der Waals surface area contributed by atoms with Crippen LogP contribution in [0.1, 0.15) is 20.1 Å². The van der Waals surface area contributed by atoms with Gasteiger partial charge in [-0.25, -0.2) is 0 Å². The van der Waals surface area contributed by atoms with E-state index in [2.05, 4.69) is 0 Å². The lowest BCUT2D eigenvalue weighted by Crippen LogP contribution is -2.11. The minimum Gasteiger partial charge on any atom is -0.478 e. The first kappa shape index (κ1) is 14.7. The molecule has 0 fully saturated rings. The summed E-state index contributed by atoms with van der Waals surface area (Å²) in [5.41, 5.74) is -0.168. The Morgan fingerprint density at radius 1 is 1.43 bits per heavy atom. The van der Waals surface area contributed by atoms with Gasteiger partial charge in [-0.2, -0.15) is 5.26 Å². The minimum absolute atomic E-state index is 0.0272. The van der Waals surface area contributed by atoms with Gasteiger partial charge in [-0.05, 0) is 31.2 Å². The first-order chi connectivity index (χ1) is 10.0. The molecule has 1 heterocycles. The maximum atomic E-state index is 11.9. The summed E-state index contributed by atoms with van der Waals surface area (Å²) in [7, 11) is 0. The maximum absolute atomic E-state index is 11.9. The Labute approximate surface area is 124 Å². The molecule has 0 N–H and O–H groups in total. The molecule has 0 radical (unpaired) electrons. The Morgan fingerprint density at radius 2 is 2.19 bits per heavy atom. The fourth-order valence-corrected chi connectivity index (χ4v) is 2.44. The second-order valence-corrected chi connectivity index (χ2v) is 5.46. The number of ketones is 1. The molecule has 7 heteroatoms. The van der Waals surface area contributed by atoms with E-state index < -0.39 is 4.92 Å². The molecule has 2 rings (SSSR count). The monoisotopic (exact) mass is 302 g/mol. The zero-order valence-electron chi connectivity index (χ0n) is 11.0. The highest BCUT2D eigenvalue weighted by Crippen LogP contribution is 2.28. The van der Waals surface area contributed by atoms with E-state index in [1.807, 2.05) is 19.1 Å². The highest BCUT2D eigenvalue weighted by Gasteiger charge is 2.18. The predicted octanol–water partition coefficient (Wildman–Crippen LogP) is 3.10. The molecule has 0 bridgehead atoms. The Bertz CT molecular complexity index is 746. The van der Waals surface area contributed by atoms with Crippen LogP contribution in [0.25, 0.3) is 0 Å². The van der Waals surface area contributed by atoms with Crippen molar-refractivity contribution in [2.45, 2.75) is 6.92 Å². The van der Waals surface area contributed by atoms with E-state index in [1.54, 1.807) is 6.07 Å². The number of nitro groups is 1. The fraction of sp³-hybridized carbons (Fsp3) is 0.143. The zero-order chi connectivity index (χ0) is 15.4. The summed E-state index contributed by atoms with van der Waals surface area (Å²) in [5.74, 6) is -0.271. The number of rotatable bonds is 5. The summed E-state index contributed by atoms with van der Waals surface area (Å²) in [6.45, 7) is 1.60. The van der Waals surface area contributed by atoms with E-state index in [1.165, 1.54) is 23.5 Å². The predicted molar refractivity (Wildman–Crippen MR) is 76.7 cm³/mol. The zero-order valence-corrected chi connectivity index (χ0v) is 11.8. The second-order valence-electron chi connectivity index (χ2n) is 4.17. The van der Waals surface area contributed by atoms with Crippen molar-refractivity contribution in [1.29, 1.82) is 5.26 Å². The molecule has 2 aromatic rings. The van der Waals surface area contributed by atoms with Crippen LogP contribution in [0.4, 0.5) is 5.69 Å². The van der Waals surface area contributed by atoms with Crippen LogP contribution in [0.2, 0.25) is 0 Å². The number of hydrogen-bond donors (Lipinski definition) is 0. The van der Waals surface area contributed by atoms with Crippen molar-refractivity contribution in [3.8, 4) is 11.8 Å². The van der Waals surface area contributed by atoms with E-state index in [4.69, 9.17) is 10.00 Å². The van der Waals surface area contributed by atoms with E-state index in [0.29, 0.717) is 4.88 Å². The molecule has 106 valence electrons. The third-order valence-electron chi connectivity index (χ3n) is 2.66. The number of nitriles is 1. The number of aryl methyl sites for hydroxylation is 1. The van der Waals surface area contributed by atoms with Crippen LogP contribution < -0.4 is 4.74 Å². The Morgan fingerprint density at radius 3 is 2.76 bits per heavy atom.